The second-order valence-electron chi connectivity index (χ2n) is 6.92. The highest BCUT2D eigenvalue weighted by molar-refractivity contribution is 5.92. The minimum atomic E-state index is -4.50. The van der Waals surface area contributed by atoms with Gasteiger partial charge in [-0.05, 0) is 37.1 Å². The van der Waals surface area contributed by atoms with Crippen LogP contribution in [0.5, 0.6) is 0 Å². The van der Waals surface area contributed by atoms with E-state index in [-0.39, 0.29) is 24.2 Å². The van der Waals surface area contributed by atoms with Gasteiger partial charge >= 0.3 is 6.18 Å². The number of nitrogens with one attached hydrogen (secondary N) is 2. The van der Waals surface area contributed by atoms with Crippen LogP contribution in [0, 0.1) is 5.92 Å². The summed E-state index contributed by atoms with van der Waals surface area (Å²) in [5, 5.41) is 5.50. The zero-order valence-electron chi connectivity index (χ0n) is 16.2. The number of hydrogen-bond donors (Lipinski definition) is 2. The van der Waals surface area contributed by atoms with Gasteiger partial charge in [0.05, 0.1) is 11.5 Å². The average Bonchev–Trinajstić information content (AvgIpc) is 3.23. The standard InChI is InChI=1S/C20H22F3N5O2/c21-20(22,23)15-5-3-9-25-17(15)28-12-7-14(13-28)18(29)26-10-4-11-27-19(30)16-6-1-2-8-24-16/h1-3,5-6,8-9,14H,4,7,10-13H2,(H,26,29)(H,27,30). The SMILES string of the molecule is O=C(NCCCNC(=O)C1CCN(c2ncccc2C(F)(F)F)C1)c1ccccn1. The van der Waals surface area contributed by atoms with Crippen LogP contribution in [0.2, 0.25) is 0 Å². The fourth-order valence-electron chi connectivity index (χ4n) is 3.27. The fourth-order valence-corrected chi connectivity index (χ4v) is 3.27. The molecule has 1 unspecified atom stereocenters. The molecule has 1 aliphatic heterocycles. The molecular weight excluding hydrogens is 399 g/mol. The number of carbonyl (C=O) groups is 2. The zero-order valence-corrected chi connectivity index (χ0v) is 16.2. The Morgan fingerprint density at radius 2 is 1.83 bits per heavy atom. The summed E-state index contributed by atoms with van der Waals surface area (Å²) >= 11 is 0. The Labute approximate surface area is 171 Å². The summed E-state index contributed by atoms with van der Waals surface area (Å²) in [6.45, 7) is 1.24. The van der Waals surface area contributed by atoms with Gasteiger partial charge in [0.15, 0.2) is 0 Å². The Morgan fingerprint density at radius 1 is 1.07 bits per heavy atom. The summed E-state index contributed by atoms with van der Waals surface area (Å²) in [6, 6.07) is 7.28. The van der Waals surface area contributed by atoms with Gasteiger partial charge in [-0.3, -0.25) is 14.6 Å². The van der Waals surface area contributed by atoms with E-state index in [0.717, 1.165) is 6.07 Å². The summed E-state index contributed by atoms with van der Waals surface area (Å²) in [4.78, 5) is 33.5. The largest absolute Gasteiger partial charge is 0.419 e. The third kappa shape index (κ3) is 5.46. The smallest absolute Gasteiger partial charge is 0.356 e. The Kier molecular flexibility index (Phi) is 6.86. The van der Waals surface area contributed by atoms with Gasteiger partial charge in [0.1, 0.15) is 11.5 Å². The Morgan fingerprint density at radius 3 is 2.57 bits per heavy atom. The lowest BCUT2D eigenvalue weighted by Gasteiger charge is -2.21. The molecule has 1 fully saturated rings. The van der Waals surface area contributed by atoms with Crippen LogP contribution >= 0.6 is 0 Å². The van der Waals surface area contributed by atoms with Crippen LogP contribution in [0.25, 0.3) is 0 Å². The number of rotatable bonds is 7. The molecule has 2 N–H and O–H groups in total. The molecule has 2 aromatic heterocycles. The number of pyridine rings is 2. The molecule has 2 aromatic rings. The van der Waals surface area contributed by atoms with Crippen LogP contribution in [0.1, 0.15) is 28.9 Å². The number of nitrogens with zero attached hydrogens (tertiary/aromatic N) is 3. The second kappa shape index (κ2) is 9.55. The summed E-state index contributed by atoms with van der Waals surface area (Å²) in [6.07, 6.45) is -0.668. The molecule has 0 bridgehead atoms. The molecule has 30 heavy (non-hydrogen) atoms. The van der Waals surface area contributed by atoms with Crippen LogP contribution in [0.3, 0.4) is 0 Å². The Bertz CT molecular complexity index is 876. The highest BCUT2D eigenvalue weighted by atomic mass is 19.4. The molecular formula is C20H22F3N5O2. The van der Waals surface area contributed by atoms with Crippen molar-refractivity contribution >= 4 is 17.6 Å². The Hall–Kier alpha value is -3.17. The first-order valence-corrected chi connectivity index (χ1v) is 9.60. The van der Waals surface area contributed by atoms with Crippen LogP contribution in [-0.2, 0) is 11.0 Å². The van der Waals surface area contributed by atoms with E-state index in [0.29, 0.717) is 38.2 Å². The van der Waals surface area contributed by atoms with Crippen molar-refractivity contribution in [3.63, 3.8) is 0 Å². The van der Waals surface area contributed by atoms with Gasteiger partial charge < -0.3 is 15.5 Å². The number of carbonyl (C=O) groups excluding carboxylic acids is 2. The summed E-state index contributed by atoms with van der Waals surface area (Å²) in [7, 11) is 0. The first-order valence-electron chi connectivity index (χ1n) is 9.60. The number of anilines is 1. The quantitative estimate of drug-likeness (QED) is 0.670. The van der Waals surface area contributed by atoms with Crippen LogP contribution < -0.4 is 15.5 Å². The molecule has 1 saturated heterocycles. The zero-order chi connectivity index (χ0) is 21.6. The highest BCUT2D eigenvalue weighted by Gasteiger charge is 2.38. The topological polar surface area (TPSA) is 87.2 Å². The van der Waals surface area contributed by atoms with Crippen LogP contribution in [0.15, 0.2) is 42.7 Å². The van der Waals surface area contributed by atoms with Crippen molar-refractivity contribution in [1.29, 1.82) is 0 Å². The number of hydrogen-bond acceptors (Lipinski definition) is 5. The van der Waals surface area contributed by atoms with Gasteiger partial charge in [-0.15, -0.1) is 0 Å². The molecule has 1 aliphatic rings. The van der Waals surface area contributed by atoms with E-state index in [1.165, 1.54) is 23.4 Å². The van der Waals surface area contributed by atoms with Gasteiger partial charge in [0, 0.05) is 38.6 Å². The summed E-state index contributed by atoms with van der Waals surface area (Å²) < 4.78 is 39.5. The molecule has 2 amide bonds. The minimum absolute atomic E-state index is 0.141. The lowest BCUT2D eigenvalue weighted by atomic mass is 10.1. The van der Waals surface area contributed by atoms with Crippen molar-refractivity contribution in [2.24, 2.45) is 5.92 Å². The summed E-state index contributed by atoms with van der Waals surface area (Å²) in [5.74, 6) is -1.05. The van der Waals surface area contributed by atoms with E-state index in [4.69, 9.17) is 0 Å². The third-order valence-electron chi connectivity index (χ3n) is 4.79. The lowest BCUT2D eigenvalue weighted by Crippen LogP contribution is -2.35. The van der Waals surface area contributed by atoms with Crippen molar-refractivity contribution < 1.29 is 22.8 Å². The fraction of sp³-hybridized carbons (Fsp3) is 0.400. The molecule has 0 aromatic carbocycles. The normalized spacial score (nSPS) is 16.4. The summed E-state index contributed by atoms with van der Waals surface area (Å²) in [5.41, 5.74) is -0.477. The monoisotopic (exact) mass is 421 g/mol. The van der Waals surface area contributed by atoms with Gasteiger partial charge in [0.25, 0.3) is 5.91 Å². The number of alkyl halides is 3. The van der Waals surface area contributed by atoms with Crippen LogP contribution in [0.4, 0.5) is 19.0 Å². The second-order valence-corrected chi connectivity index (χ2v) is 6.92. The molecule has 0 aliphatic carbocycles. The van der Waals surface area contributed by atoms with Gasteiger partial charge in [-0.1, -0.05) is 6.07 Å². The average molecular weight is 421 g/mol. The van der Waals surface area contributed by atoms with E-state index in [1.807, 2.05) is 0 Å². The van der Waals surface area contributed by atoms with Crippen molar-refractivity contribution in [2.45, 2.75) is 19.0 Å². The highest BCUT2D eigenvalue weighted by Crippen LogP contribution is 2.36. The van der Waals surface area contributed by atoms with Gasteiger partial charge in [0.2, 0.25) is 5.91 Å². The first kappa shape index (κ1) is 21.5. The van der Waals surface area contributed by atoms with Gasteiger partial charge in [-0.2, -0.15) is 13.2 Å². The molecule has 7 nitrogen and oxygen atoms in total. The number of halogens is 3. The van der Waals surface area contributed by atoms with E-state index in [1.54, 1.807) is 18.2 Å². The molecule has 3 rings (SSSR count). The first-order chi connectivity index (χ1) is 14.4. The molecule has 0 radical (unpaired) electrons. The molecule has 160 valence electrons. The number of aromatic nitrogens is 2. The van der Waals surface area contributed by atoms with E-state index < -0.39 is 17.7 Å². The molecule has 10 heteroatoms. The minimum Gasteiger partial charge on any atom is -0.356 e. The van der Waals surface area contributed by atoms with E-state index in [9.17, 15) is 22.8 Å². The maximum atomic E-state index is 13.2. The van der Waals surface area contributed by atoms with Crippen molar-refractivity contribution in [3.05, 3.63) is 54.0 Å². The van der Waals surface area contributed by atoms with E-state index in [2.05, 4.69) is 20.6 Å². The number of amides is 2. The maximum Gasteiger partial charge on any atom is 0.419 e. The van der Waals surface area contributed by atoms with Crippen LogP contribution in [-0.4, -0.2) is 48.0 Å². The molecule has 0 saturated carbocycles. The Balaban J connectivity index is 1.42. The van der Waals surface area contributed by atoms with Crippen molar-refractivity contribution in [1.82, 2.24) is 20.6 Å². The maximum absolute atomic E-state index is 13.2. The molecule has 0 spiro atoms. The van der Waals surface area contributed by atoms with Gasteiger partial charge in [-0.25, -0.2) is 4.98 Å². The molecule has 3 heterocycles. The van der Waals surface area contributed by atoms with E-state index >= 15 is 0 Å². The predicted octanol–water partition coefficient (Wildman–Crippen LogP) is 2.26. The molecule has 1 atom stereocenters. The third-order valence-corrected chi connectivity index (χ3v) is 4.79. The van der Waals surface area contributed by atoms with Crippen molar-refractivity contribution in [2.75, 3.05) is 31.1 Å². The predicted molar refractivity (Wildman–Crippen MR) is 104 cm³/mol. The lowest BCUT2D eigenvalue weighted by molar-refractivity contribution is -0.137. The van der Waals surface area contributed by atoms with Crippen molar-refractivity contribution in [3.8, 4) is 0 Å².